The smallest absolute Gasteiger partial charge is 0.497 e. The van der Waals surface area contributed by atoms with Crippen LogP contribution in [0, 0.1) is 42.8 Å². The summed E-state index contributed by atoms with van der Waals surface area (Å²) in [6.07, 6.45) is -15.7. The summed E-state index contributed by atoms with van der Waals surface area (Å²) in [5, 5.41) is 123. The van der Waals surface area contributed by atoms with Gasteiger partial charge in [0.1, 0.15) is 176 Å². The number of aliphatic hydroxyl groups is 12. The number of esters is 3. The molecule has 21 atom stereocenters. The largest absolute Gasteiger partial charge is 0.573 e. The van der Waals surface area contributed by atoms with E-state index in [1.807, 2.05) is 66.7 Å². The van der Waals surface area contributed by atoms with Crippen molar-refractivity contribution in [1.82, 2.24) is 0 Å². The lowest BCUT2D eigenvalue weighted by molar-refractivity contribution is -0.278. The number of halogens is 4. The van der Waals surface area contributed by atoms with E-state index in [9.17, 15) is 98.0 Å². The van der Waals surface area contributed by atoms with E-state index in [2.05, 4.69) is 27.2 Å². The average molecular weight is 1890 g/mol. The summed E-state index contributed by atoms with van der Waals surface area (Å²) in [4.78, 5) is 45.1. The molecule has 0 bridgehead atoms. The van der Waals surface area contributed by atoms with Crippen LogP contribution in [0.3, 0.4) is 0 Å². The molecule has 0 spiro atoms. The Morgan fingerprint density at radius 3 is 1.14 bits per heavy atom. The Hall–Kier alpha value is -12.2. The lowest BCUT2D eigenvalue weighted by Crippen LogP contribution is -2.60. The van der Waals surface area contributed by atoms with E-state index >= 15 is 0 Å². The molecule has 5 aliphatic rings. The van der Waals surface area contributed by atoms with Gasteiger partial charge in [-0.2, -0.15) is 0 Å². The summed E-state index contributed by atoms with van der Waals surface area (Å²) < 4.78 is 142. The molecule has 8 aromatic carbocycles. The highest BCUT2D eigenvalue weighted by Crippen LogP contribution is 2.37. The molecule has 724 valence electrons. The van der Waals surface area contributed by atoms with Crippen molar-refractivity contribution in [2.45, 2.75) is 202 Å². The number of hydrogen-bond donors (Lipinski definition) is 12. The van der Waals surface area contributed by atoms with Crippen molar-refractivity contribution in [1.29, 1.82) is 0 Å². The SMILES string of the molecule is C#Cc1ccc(Cc2ccc(OC(F)(F)F)cc2)c(O[C@@H]2O[C@H](COC(C)=O)[C@@H](O)[C@H](O)[C@H]2O)c1.C#Cc1ccc(Cc2ccc(OC)cc2)c(O[C@@H]2O[C@H](COC(C)=O)[C@@H](O)[C@H](O)[C@H]2O)c1.C#Cc1ccc(Cc2ccccc2O[C@@H]2O[C@H](COC(=O)OCC)[C@@H](O)[C@H](O)[C@H]2O)cc1.CCC(=O)OC[C@H]1O[C@@H](Oc2ccccc2Cc2ccc(O[C@@H]3CCOC3)cc2F)[C@H](O)[C@@H](O)[C@@H]1O. The monoisotopic (exact) mass is 1890 g/mol. The first kappa shape index (κ1) is 105. The van der Waals surface area contributed by atoms with Gasteiger partial charge < -0.3 is 142 Å². The van der Waals surface area contributed by atoms with Crippen molar-refractivity contribution < 1.29 is 179 Å². The Labute approximate surface area is 774 Å². The second-order valence-corrected chi connectivity index (χ2v) is 31.3. The van der Waals surface area contributed by atoms with Crippen molar-refractivity contribution in [3.05, 3.63) is 243 Å². The van der Waals surface area contributed by atoms with Gasteiger partial charge in [-0.05, 0) is 130 Å². The van der Waals surface area contributed by atoms with E-state index in [4.69, 9.17) is 90.3 Å². The van der Waals surface area contributed by atoms with Crippen molar-refractivity contribution >= 4 is 24.1 Å². The minimum atomic E-state index is -4.81. The van der Waals surface area contributed by atoms with E-state index in [1.54, 1.807) is 93.8 Å². The molecule has 135 heavy (non-hydrogen) atoms. The highest BCUT2D eigenvalue weighted by Gasteiger charge is 2.50. The van der Waals surface area contributed by atoms with Crippen LogP contribution in [0.15, 0.2) is 176 Å². The molecule has 0 radical (unpaired) electrons. The first-order valence-electron chi connectivity index (χ1n) is 42.6. The number of terminal acetylenes is 3. The van der Waals surface area contributed by atoms with Crippen LogP contribution in [0.5, 0.6) is 40.2 Å². The molecular formula is C98H106F4O33. The number of methoxy groups -OCH3 is 1. The van der Waals surface area contributed by atoms with Crippen LogP contribution in [0.2, 0.25) is 0 Å². The van der Waals surface area contributed by atoms with Gasteiger partial charge in [-0.25, -0.2) is 9.18 Å². The lowest BCUT2D eigenvalue weighted by atomic mass is 9.99. The number of benzene rings is 8. The number of hydrogen-bond acceptors (Lipinski definition) is 33. The lowest BCUT2D eigenvalue weighted by Gasteiger charge is -2.40. The molecule has 5 heterocycles. The van der Waals surface area contributed by atoms with E-state index in [0.717, 1.165) is 46.9 Å². The predicted octanol–water partition coefficient (Wildman–Crippen LogP) is 6.27. The van der Waals surface area contributed by atoms with E-state index in [1.165, 1.54) is 43.3 Å². The number of alkyl halides is 3. The minimum absolute atomic E-state index is 0.0884. The molecule has 5 saturated heterocycles. The van der Waals surface area contributed by atoms with Crippen LogP contribution in [-0.2, 0) is 87.4 Å². The van der Waals surface area contributed by atoms with Gasteiger partial charge in [-0.15, -0.1) is 32.4 Å². The van der Waals surface area contributed by atoms with E-state index in [0.29, 0.717) is 82.4 Å². The van der Waals surface area contributed by atoms with Crippen molar-refractivity contribution in [2.75, 3.05) is 53.4 Å². The second-order valence-electron chi connectivity index (χ2n) is 31.3. The van der Waals surface area contributed by atoms with Crippen molar-refractivity contribution in [3.8, 4) is 77.3 Å². The molecule has 33 nitrogen and oxygen atoms in total. The molecular weight excluding hydrogens is 1780 g/mol. The Kier molecular flexibility index (Phi) is 39.1. The van der Waals surface area contributed by atoms with Gasteiger partial charge in [0, 0.05) is 75.1 Å². The van der Waals surface area contributed by atoms with Crippen LogP contribution in [0.25, 0.3) is 0 Å². The fourth-order valence-corrected chi connectivity index (χ4v) is 14.1. The van der Waals surface area contributed by atoms with Gasteiger partial charge in [0.05, 0.1) is 26.9 Å². The Bertz CT molecular complexity index is 5290. The third kappa shape index (κ3) is 30.4. The maximum absolute atomic E-state index is 14.9. The molecule has 0 saturated carbocycles. The highest BCUT2D eigenvalue weighted by atomic mass is 19.4. The van der Waals surface area contributed by atoms with Gasteiger partial charge in [0.15, 0.2) is 0 Å². The number of para-hydroxylation sites is 2. The van der Waals surface area contributed by atoms with E-state index in [-0.39, 0.29) is 69.9 Å². The minimum Gasteiger partial charge on any atom is -0.497 e. The van der Waals surface area contributed by atoms with Gasteiger partial charge in [0.25, 0.3) is 0 Å². The normalized spacial score (nSPS) is 25.6. The van der Waals surface area contributed by atoms with Gasteiger partial charge in [0.2, 0.25) is 25.2 Å². The maximum atomic E-state index is 14.9. The zero-order valence-electron chi connectivity index (χ0n) is 73.7. The number of ether oxygens (including phenoxy) is 17. The quantitative estimate of drug-likeness (QED) is 0.0102. The number of carbonyl (C=O) groups is 4. The molecule has 12 N–H and O–H groups in total. The van der Waals surface area contributed by atoms with Crippen molar-refractivity contribution in [3.63, 3.8) is 0 Å². The Balaban J connectivity index is 0.000000186. The Morgan fingerprint density at radius 1 is 0.400 bits per heavy atom. The number of carbonyl (C=O) groups excluding carboxylic acids is 4. The zero-order valence-corrected chi connectivity index (χ0v) is 73.7. The first-order chi connectivity index (χ1) is 64.6. The molecule has 5 fully saturated rings. The molecule has 37 heteroatoms. The van der Waals surface area contributed by atoms with Crippen LogP contribution < -0.4 is 33.2 Å². The third-order valence-electron chi connectivity index (χ3n) is 21.5. The second kappa shape index (κ2) is 50.4. The fourth-order valence-electron chi connectivity index (χ4n) is 14.1. The summed E-state index contributed by atoms with van der Waals surface area (Å²) in [5.74, 6) is 7.48. The third-order valence-corrected chi connectivity index (χ3v) is 21.5. The van der Waals surface area contributed by atoms with Gasteiger partial charge in [-0.3, -0.25) is 14.4 Å². The summed E-state index contributed by atoms with van der Waals surface area (Å²) >= 11 is 0. The molecule has 0 amide bonds. The number of rotatable bonds is 30. The van der Waals surface area contributed by atoms with E-state index < -0.39 is 159 Å². The summed E-state index contributed by atoms with van der Waals surface area (Å²) in [6.45, 7) is 5.47. The average Bonchev–Trinajstić information content (AvgIpc) is 1.11. The molecule has 0 aliphatic carbocycles. The van der Waals surface area contributed by atoms with Gasteiger partial charge >= 0.3 is 30.4 Å². The predicted molar refractivity (Wildman–Crippen MR) is 466 cm³/mol. The fraction of sp³-hybridized carbons (Fsp3) is 0.408. The first-order valence-corrected chi connectivity index (χ1v) is 42.6. The molecule has 0 unspecified atom stereocenters. The van der Waals surface area contributed by atoms with Crippen LogP contribution >= 0.6 is 0 Å². The molecule has 0 aromatic heterocycles. The zero-order chi connectivity index (χ0) is 97.7. The highest BCUT2D eigenvalue weighted by molar-refractivity contribution is 5.69. The molecule has 13 rings (SSSR count). The van der Waals surface area contributed by atoms with Crippen LogP contribution in [-0.4, -0.2) is 274 Å². The molecule has 5 aliphatic heterocycles. The van der Waals surface area contributed by atoms with Crippen LogP contribution in [0.4, 0.5) is 22.4 Å². The summed E-state index contributed by atoms with van der Waals surface area (Å²) in [5.41, 5.74) is 7.51. The summed E-state index contributed by atoms with van der Waals surface area (Å²) in [6, 6.07) is 49.0. The van der Waals surface area contributed by atoms with Crippen LogP contribution in [0.1, 0.15) is 102 Å². The van der Waals surface area contributed by atoms with Crippen molar-refractivity contribution in [2.24, 2.45) is 0 Å². The van der Waals surface area contributed by atoms with Gasteiger partial charge in [-0.1, -0.05) is 116 Å². The Morgan fingerprint density at radius 2 is 0.763 bits per heavy atom. The standard InChI is InChI=1S/C26H31FO9.C24H23F3O8.2C24H26O8/c1-2-22(28)33-14-21-23(29)24(30)25(31)26(36-21)35-20-6-4-3-5-16(20)11-15-7-8-17(12-19(15)27)34-18-9-10-32-13-18;1-3-14-4-7-16(10-15-5-8-17(9-6-15)35-24(25,26)27)18(11-14)33-23-22(31)21(30)20(29)19(34-23)12-32-13(2)28;1-4-15-5-8-17(11-16-6-9-18(29-3)10-7-16)19(12-15)31-24-23(28)22(27)21(26)20(32-24)13-30-14(2)25;1-3-15-9-11-16(12-10-15)13-17-7-5-6-8-18(17)31-23-22(27)21(26)20(25)19(32-23)14-30-24(28)29-4-2/h3-8,12,18,21,23-26,29-31H,2,9-11,13-14H2,1H3;1,4-9,11,19-23,29-31H,10,12H2,2H3;1,5-10,12,20-24,26-28H,11,13H2,2-3H3;1,5-12,19-23,25-27H,4,13-14H2,2H3/t18-,21-,23-,24+,25-,26-;19-,20-,21+,22-,23-;20-,21-,22+,23-,24-;19-,20-,21+,22-,23-/m1111/s1. The topological polar surface area (TPSA) is 468 Å². The summed E-state index contributed by atoms with van der Waals surface area (Å²) in [7, 11) is 1.59. The maximum Gasteiger partial charge on any atom is 0.573 e. The molecule has 8 aromatic rings. The number of aliphatic hydroxyl groups excluding tert-OH is 12.